The fourth-order valence-electron chi connectivity index (χ4n) is 1.56. The fraction of sp³-hybridized carbons (Fsp3) is 0.500. The Labute approximate surface area is 65.7 Å². The van der Waals surface area contributed by atoms with Crippen LogP contribution in [-0.4, -0.2) is 25.1 Å². The van der Waals surface area contributed by atoms with Gasteiger partial charge in [0, 0.05) is 24.9 Å². The second-order valence-corrected chi connectivity index (χ2v) is 2.83. The van der Waals surface area contributed by atoms with Crippen molar-refractivity contribution < 1.29 is 0 Å². The van der Waals surface area contributed by atoms with E-state index in [1.165, 1.54) is 5.57 Å². The fourth-order valence-corrected chi connectivity index (χ4v) is 1.56. The normalized spacial score (nSPS) is 33.7. The molecule has 11 heavy (non-hydrogen) atoms. The van der Waals surface area contributed by atoms with Crippen LogP contribution in [0.3, 0.4) is 0 Å². The maximum atomic E-state index is 5.57. The highest BCUT2D eigenvalue weighted by Crippen LogP contribution is 2.27. The Morgan fingerprint density at radius 1 is 1.55 bits per heavy atom. The third kappa shape index (κ3) is 1.01. The quantitative estimate of drug-likeness (QED) is 0.575. The van der Waals surface area contributed by atoms with Crippen LogP contribution in [0.2, 0.25) is 0 Å². The van der Waals surface area contributed by atoms with E-state index in [4.69, 9.17) is 5.73 Å². The van der Waals surface area contributed by atoms with Gasteiger partial charge in [-0.3, -0.25) is 9.98 Å². The molecule has 0 radical (unpaired) electrons. The van der Waals surface area contributed by atoms with E-state index in [1.54, 1.807) is 0 Å². The molecule has 0 bridgehead atoms. The summed E-state index contributed by atoms with van der Waals surface area (Å²) in [5.41, 5.74) is 6.85. The average molecular weight is 149 g/mol. The first-order chi connectivity index (χ1) is 5.42. The summed E-state index contributed by atoms with van der Waals surface area (Å²) >= 11 is 0. The van der Waals surface area contributed by atoms with Gasteiger partial charge in [-0.25, -0.2) is 0 Å². The lowest BCUT2D eigenvalue weighted by Gasteiger charge is -2.19. The van der Waals surface area contributed by atoms with Crippen LogP contribution >= 0.6 is 0 Å². The second-order valence-electron chi connectivity index (χ2n) is 2.83. The molecule has 0 spiro atoms. The monoisotopic (exact) mass is 149 g/mol. The van der Waals surface area contributed by atoms with Gasteiger partial charge >= 0.3 is 0 Å². The van der Waals surface area contributed by atoms with Gasteiger partial charge in [0.1, 0.15) is 6.17 Å². The molecule has 2 rings (SSSR count). The van der Waals surface area contributed by atoms with Gasteiger partial charge in [0.15, 0.2) is 0 Å². The van der Waals surface area contributed by atoms with E-state index in [0.717, 1.165) is 6.42 Å². The summed E-state index contributed by atoms with van der Waals surface area (Å²) in [6, 6.07) is 0. The number of rotatable bonds is 1. The topological polar surface area (TPSA) is 50.7 Å². The summed E-state index contributed by atoms with van der Waals surface area (Å²) < 4.78 is 0. The lowest BCUT2D eigenvalue weighted by atomic mass is 9.93. The minimum absolute atomic E-state index is 0.138. The van der Waals surface area contributed by atoms with Crippen molar-refractivity contribution in [2.45, 2.75) is 12.6 Å². The van der Waals surface area contributed by atoms with Gasteiger partial charge in [0.2, 0.25) is 0 Å². The molecule has 0 saturated heterocycles. The maximum Gasteiger partial charge on any atom is 0.146 e. The van der Waals surface area contributed by atoms with Crippen LogP contribution in [0.4, 0.5) is 0 Å². The van der Waals surface area contributed by atoms with E-state index in [-0.39, 0.29) is 6.17 Å². The van der Waals surface area contributed by atoms with E-state index >= 15 is 0 Å². The molecular weight excluding hydrogens is 138 g/mol. The van der Waals surface area contributed by atoms with Crippen molar-refractivity contribution in [2.24, 2.45) is 21.6 Å². The molecule has 0 aromatic heterocycles. The Kier molecular flexibility index (Phi) is 1.58. The van der Waals surface area contributed by atoms with Crippen molar-refractivity contribution in [1.29, 1.82) is 0 Å². The van der Waals surface area contributed by atoms with Crippen LogP contribution < -0.4 is 5.73 Å². The van der Waals surface area contributed by atoms with Crippen molar-refractivity contribution in [2.75, 3.05) is 6.54 Å². The van der Waals surface area contributed by atoms with E-state index < -0.39 is 0 Å². The Hall–Kier alpha value is -0.960. The van der Waals surface area contributed by atoms with Crippen molar-refractivity contribution in [3.8, 4) is 0 Å². The maximum absolute atomic E-state index is 5.57. The number of hydrogen-bond acceptors (Lipinski definition) is 3. The molecule has 2 unspecified atom stereocenters. The number of aliphatic imine (C=N–C) groups is 2. The van der Waals surface area contributed by atoms with Gasteiger partial charge in [-0.05, 0) is 18.1 Å². The molecule has 0 aromatic rings. The largest absolute Gasteiger partial charge is 0.327 e. The zero-order chi connectivity index (χ0) is 7.68. The molecule has 2 heterocycles. The SMILES string of the molecule is NCC1=CC=NC2N=CCC12. The third-order valence-electron chi connectivity index (χ3n) is 2.22. The Bertz CT molecular complexity index is 240. The Morgan fingerprint density at radius 3 is 3.27 bits per heavy atom. The molecule has 2 atom stereocenters. The average Bonchev–Trinajstić information content (AvgIpc) is 2.50. The standard InChI is InChI=1S/C8H11N3/c9-5-6-1-3-10-8-7(6)2-4-11-8/h1,3-4,7-8H,2,5,9H2. The highest BCUT2D eigenvalue weighted by molar-refractivity contribution is 5.76. The number of allylic oxidation sites excluding steroid dienone is 1. The third-order valence-corrected chi connectivity index (χ3v) is 2.22. The summed E-state index contributed by atoms with van der Waals surface area (Å²) in [5, 5.41) is 0. The number of fused-ring (bicyclic) bond motifs is 1. The number of nitrogens with zero attached hydrogens (tertiary/aromatic N) is 2. The predicted molar refractivity (Wildman–Crippen MR) is 46.0 cm³/mol. The van der Waals surface area contributed by atoms with Gasteiger partial charge in [-0.2, -0.15) is 0 Å². The lowest BCUT2D eigenvalue weighted by molar-refractivity contribution is 0.536. The van der Waals surface area contributed by atoms with Crippen molar-refractivity contribution in [3.05, 3.63) is 11.6 Å². The van der Waals surface area contributed by atoms with Gasteiger partial charge in [-0.1, -0.05) is 0 Å². The van der Waals surface area contributed by atoms with Crippen LogP contribution in [0.1, 0.15) is 6.42 Å². The summed E-state index contributed by atoms with van der Waals surface area (Å²) in [4.78, 5) is 8.47. The Morgan fingerprint density at radius 2 is 2.45 bits per heavy atom. The summed E-state index contributed by atoms with van der Waals surface area (Å²) in [6.07, 6.45) is 6.91. The van der Waals surface area contributed by atoms with E-state index in [9.17, 15) is 0 Å². The van der Waals surface area contributed by atoms with E-state index in [2.05, 4.69) is 9.98 Å². The molecule has 0 aromatic carbocycles. The van der Waals surface area contributed by atoms with Crippen molar-refractivity contribution >= 4 is 12.4 Å². The van der Waals surface area contributed by atoms with Gasteiger partial charge < -0.3 is 5.73 Å². The predicted octanol–water partition coefficient (Wildman–Crippen LogP) is 0.373. The Balaban J connectivity index is 2.23. The van der Waals surface area contributed by atoms with Gasteiger partial charge in [0.25, 0.3) is 0 Å². The smallest absolute Gasteiger partial charge is 0.146 e. The lowest BCUT2D eigenvalue weighted by Crippen LogP contribution is -2.22. The second kappa shape index (κ2) is 2.58. The minimum atomic E-state index is 0.138. The van der Waals surface area contributed by atoms with Crippen molar-refractivity contribution in [1.82, 2.24) is 0 Å². The molecule has 2 N–H and O–H groups in total. The van der Waals surface area contributed by atoms with Gasteiger partial charge in [-0.15, -0.1) is 0 Å². The summed E-state index contributed by atoms with van der Waals surface area (Å²) in [6.45, 7) is 0.635. The molecular formula is C8H11N3. The van der Waals surface area contributed by atoms with Crippen LogP contribution in [-0.2, 0) is 0 Å². The molecule has 3 nitrogen and oxygen atoms in total. The molecule has 2 aliphatic rings. The first kappa shape index (κ1) is 6.73. The van der Waals surface area contributed by atoms with Crippen LogP contribution in [0, 0.1) is 5.92 Å². The molecule has 0 fully saturated rings. The van der Waals surface area contributed by atoms with Crippen LogP contribution in [0.5, 0.6) is 0 Å². The minimum Gasteiger partial charge on any atom is -0.327 e. The number of hydrogen-bond donors (Lipinski definition) is 1. The molecule has 58 valence electrons. The van der Waals surface area contributed by atoms with Crippen LogP contribution in [0.25, 0.3) is 0 Å². The van der Waals surface area contributed by atoms with Crippen LogP contribution in [0.15, 0.2) is 21.6 Å². The first-order valence-corrected chi connectivity index (χ1v) is 3.86. The van der Waals surface area contributed by atoms with Gasteiger partial charge in [0.05, 0.1) is 0 Å². The van der Waals surface area contributed by atoms with Crippen molar-refractivity contribution in [3.63, 3.8) is 0 Å². The first-order valence-electron chi connectivity index (χ1n) is 3.86. The summed E-state index contributed by atoms with van der Waals surface area (Å²) in [5.74, 6) is 0.463. The zero-order valence-electron chi connectivity index (χ0n) is 6.27. The highest BCUT2D eigenvalue weighted by atomic mass is 15.0. The number of nitrogens with two attached hydrogens (primary N) is 1. The molecule has 0 amide bonds. The zero-order valence-corrected chi connectivity index (χ0v) is 6.27. The molecule has 0 saturated carbocycles. The highest BCUT2D eigenvalue weighted by Gasteiger charge is 2.27. The molecule has 0 aliphatic carbocycles. The molecule has 3 heteroatoms. The number of dihydropyridines is 1. The summed E-state index contributed by atoms with van der Waals surface area (Å²) in [7, 11) is 0. The van der Waals surface area contributed by atoms with E-state index in [0.29, 0.717) is 12.5 Å². The van der Waals surface area contributed by atoms with E-state index in [1.807, 2.05) is 18.5 Å². The molecule has 2 aliphatic heterocycles.